The van der Waals surface area contributed by atoms with Crippen molar-refractivity contribution in [1.82, 2.24) is 0 Å². The number of benzene rings is 2. The molecule has 0 aliphatic carbocycles. The molecule has 2 aromatic carbocycles. The molecular weight excluding hydrogens is 172 g/mol. The summed E-state index contributed by atoms with van der Waals surface area (Å²) >= 11 is 0. The maximum Gasteiger partial charge on any atom is 0.123 e. The van der Waals surface area contributed by atoms with E-state index in [1.54, 1.807) is 6.07 Å². The molecule has 2 rings (SSSR count). The van der Waals surface area contributed by atoms with Gasteiger partial charge in [0.2, 0.25) is 0 Å². The van der Waals surface area contributed by atoms with E-state index in [4.69, 9.17) is 0 Å². The lowest BCUT2D eigenvalue weighted by Crippen LogP contribution is -1.84. The Labute approximate surface area is 83.3 Å². The zero-order chi connectivity index (χ0) is 9.97. The number of aromatic hydroxyl groups is 1. The van der Waals surface area contributed by atoms with Crippen molar-refractivity contribution in [3.8, 4) is 5.75 Å². The zero-order valence-corrected chi connectivity index (χ0v) is 7.90. The lowest BCUT2D eigenvalue weighted by Gasteiger charge is -2.05. The third-order valence-electron chi connectivity index (χ3n) is 2.33. The minimum absolute atomic E-state index is 0.347. The number of phenolic OH excluding ortho intramolecular Hbond substituents is 1. The SMILES string of the molecule is C=CCc1cccc2cccc(O)c12. The summed E-state index contributed by atoms with van der Waals surface area (Å²) in [6.07, 6.45) is 2.64. The molecule has 0 aliphatic rings. The van der Waals surface area contributed by atoms with E-state index in [1.165, 1.54) is 0 Å². The first-order chi connectivity index (χ1) is 6.83. The predicted octanol–water partition coefficient (Wildman–Crippen LogP) is 3.27. The number of fused-ring (bicyclic) bond motifs is 1. The molecule has 0 bridgehead atoms. The van der Waals surface area contributed by atoms with Gasteiger partial charge >= 0.3 is 0 Å². The van der Waals surface area contributed by atoms with Crippen LogP contribution in [0.15, 0.2) is 49.1 Å². The molecule has 0 amide bonds. The van der Waals surface area contributed by atoms with Gasteiger partial charge in [-0.05, 0) is 23.4 Å². The van der Waals surface area contributed by atoms with Gasteiger partial charge < -0.3 is 5.11 Å². The highest BCUT2D eigenvalue weighted by molar-refractivity contribution is 5.91. The quantitative estimate of drug-likeness (QED) is 0.710. The van der Waals surface area contributed by atoms with Crippen molar-refractivity contribution in [2.75, 3.05) is 0 Å². The molecule has 14 heavy (non-hydrogen) atoms. The Morgan fingerprint density at radius 2 is 1.86 bits per heavy atom. The molecule has 70 valence electrons. The third kappa shape index (κ3) is 1.37. The summed E-state index contributed by atoms with van der Waals surface area (Å²) in [6.45, 7) is 3.71. The highest BCUT2D eigenvalue weighted by atomic mass is 16.3. The Kier molecular flexibility index (Phi) is 2.23. The van der Waals surface area contributed by atoms with E-state index in [2.05, 4.69) is 6.58 Å². The van der Waals surface area contributed by atoms with Crippen LogP contribution in [0.2, 0.25) is 0 Å². The van der Waals surface area contributed by atoms with Crippen LogP contribution in [0.1, 0.15) is 5.56 Å². The van der Waals surface area contributed by atoms with E-state index in [0.29, 0.717) is 5.75 Å². The Hall–Kier alpha value is -1.76. The van der Waals surface area contributed by atoms with Crippen molar-refractivity contribution in [3.63, 3.8) is 0 Å². The molecule has 0 radical (unpaired) electrons. The smallest absolute Gasteiger partial charge is 0.123 e. The monoisotopic (exact) mass is 184 g/mol. The van der Waals surface area contributed by atoms with Gasteiger partial charge in [-0.2, -0.15) is 0 Å². The first-order valence-corrected chi connectivity index (χ1v) is 4.63. The van der Waals surface area contributed by atoms with Crippen LogP contribution in [0.3, 0.4) is 0 Å². The van der Waals surface area contributed by atoms with Gasteiger partial charge in [0, 0.05) is 5.39 Å². The summed E-state index contributed by atoms with van der Waals surface area (Å²) < 4.78 is 0. The summed E-state index contributed by atoms with van der Waals surface area (Å²) in [5, 5.41) is 11.8. The summed E-state index contributed by atoms with van der Waals surface area (Å²) in [5.74, 6) is 0.347. The summed E-state index contributed by atoms with van der Waals surface area (Å²) in [7, 11) is 0. The Balaban J connectivity index is 2.77. The van der Waals surface area contributed by atoms with Gasteiger partial charge in [0.25, 0.3) is 0 Å². The molecule has 0 spiro atoms. The Bertz CT molecular complexity index is 466. The molecule has 1 heteroatoms. The molecule has 1 nitrogen and oxygen atoms in total. The van der Waals surface area contributed by atoms with Crippen LogP contribution in [0, 0.1) is 0 Å². The van der Waals surface area contributed by atoms with Crippen LogP contribution in [0.4, 0.5) is 0 Å². The predicted molar refractivity (Wildman–Crippen MR) is 59.5 cm³/mol. The maximum atomic E-state index is 9.74. The summed E-state index contributed by atoms with van der Waals surface area (Å²) in [6, 6.07) is 11.6. The zero-order valence-electron chi connectivity index (χ0n) is 7.90. The van der Waals surface area contributed by atoms with Crippen LogP contribution in [-0.4, -0.2) is 5.11 Å². The van der Waals surface area contributed by atoms with Gasteiger partial charge in [-0.25, -0.2) is 0 Å². The van der Waals surface area contributed by atoms with Gasteiger partial charge in [-0.15, -0.1) is 6.58 Å². The molecule has 0 unspecified atom stereocenters. The van der Waals surface area contributed by atoms with E-state index in [1.807, 2.05) is 36.4 Å². The lowest BCUT2D eigenvalue weighted by molar-refractivity contribution is 0.481. The number of allylic oxidation sites excluding steroid dienone is 1. The van der Waals surface area contributed by atoms with Gasteiger partial charge in [-0.1, -0.05) is 36.4 Å². The fraction of sp³-hybridized carbons (Fsp3) is 0.0769. The largest absolute Gasteiger partial charge is 0.507 e. The first kappa shape index (κ1) is 8.82. The number of phenols is 1. The molecule has 0 saturated heterocycles. The molecule has 0 saturated carbocycles. The van der Waals surface area contributed by atoms with Crippen LogP contribution in [0.5, 0.6) is 5.75 Å². The van der Waals surface area contributed by atoms with Crippen molar-refractivity contribution in [2.24, 2.45) is 0 Å². The third-order valence-corrected chi connectivity index (χ3v) is 2.33. The van der Waals surface area contributed by atoms with Crippen molar-refractivity contribution in [3.05, 3.63) is 54.6 Å². The van der Waals surface area contributed by atoms with Crippen LogP contribution >= 0.6 is 0 Å². The molecule has 0 heterocycles. The van der Waals surface area contributed by atoms with Crippen LogP contribution in [-0.2, 0) is 6.42 Å². The topological polar surface area (TPSA) is 20.2 Å². The Morgan fingerprint density at radius 1 is 1.14 bits per heavy atom. The number of hydrogen-bond donors (Lipinski definition) is 1. The van der Waals surface area contributed by atoms with Crippen LogP contribution in [0.25, 0.3) is 10.8 Å². The van der Waals surface area contributed by atoms with Gasteiger partial charge in [-0.3, -0.25) is 0 Å². The molecule has 1 N–H and O–H groups in total. The normalized spacial score (nSPS) is 10.3. The van der Waals surface area contributed by atoms with E-state index in [0.717, 1.165) is 22.8 Å². The second-order valence-corrected chi connectivity index (χ2v) is 3.29. The molecule has 0 atom stereocenters. The highest BCUT2D eigenvalue weighted by Crippen LogP contribution is 2.28. The molecule has 2 aromatic rings. The number of hydrogen-bond acceptors (Lipinski definition) is 1. The van der Waals surface area contributed by atoms with Crippen molar-refractivity contribution >= 4 is 10.8 Å². The van der Waals surface area contributed by atoms with Gasteiger partial charge in [0.1, 0.15) is 5.75 Å². The maximum absolute atomic E-state index is 9.74. The average molecular weight is 184 g/mol. The average Bonchev–Trinajstić information content (AvgIpc) is 2.19. The van der Waals surface area contributed by atoms with Gasteiger partial charge in [0.15, 0.2) is 0 Å². The Morgan fingerprint density at radius 3 is 2.57 bits per heavy atom. The van der Waals surface area contributed by atoms with Crippen molar-refractivity contribution < 1.29 is 5.11 Å². The van der Waals surface area contributed by atoms with E-state index in [-0.39, 0.29) is 0 Å². The second kappa shape index (κ2) is 3.54. The van der Waals surface area contributed by atoms with Crippen molar-refractivity contribution in [2.45, 2.75) is 6.42 Å². The molecule has 0 fully saturated rings. The standard InChI is InChI=1S/C13H12O/c1-2-5-10-6-3-7-11-8-4-9-12(14)13(10)11/h2-4,6-9,14H,1,5H2. The van der Waals surface area contributed by atoms with E-state index >= 15 is 0 Å². The highest BCUT2D eigenvalue weighted by Gasteiger charge is 2.02. The van der Waals surface area contributed by atoms with E-state index in [9.17, 15) is 5.11 Å². The summed E-state index contributed by atoms with van der Waals surface area (Å²) in [5.41, 5.74) is 1.12. The number of rotatable bonds is 2. The molecule has 0 aliphatic heterocycles. The van der Waals surface area contributed by atoms with Crippen LogP contribution < -0.4 is 0 Å². The van der Waals surface area contributed by atoms with Gasteiger partial charge in [0.05, 0.1) is 0 Å². The first-order valence-electron chi connectivity index (χ1n) is 4.63. The minimum atomic E-state index is 0.347. The fourth-order valence-electron chi connectivity index (χ4n) is 1.72. The molecular formula is C13H12O. The van der Waals surface area contributed by atoms with Crippen molar-refractivity contribution in [1.29, 1.82) is 0 Å². The summed E-state index contributed by atoms with van der Waals surface area (Å²) in [4.78, 5) is 0. The fourth-order valence-corrected chi connectivity index (χ4v) is 1.72. The minimum Gasteiger partial charge on any atom is -0.507 e. The molecule has 0 aromatic heterocycles. The second-order valence-electron chi connectivity index (χ2n) is 3.29. The van der Waals surface area contributed by atoms with E-state index < -0.39 is 0 Å². The lowest BCUT2D eigenvalue weighted by atomic mass is 10.0.